The third kappa shape index (κ3) is 7.06. The molecule has 0 spiro atoms. The minimum atomic E-state index is -4.71. The summed E-state index contributed by atoms with van der Waals surface area (Å²) in [7, 11) is 0. The Hall–Kier alpha value is -4.59. The first-order valence-electron chi connectivity index (χ1n) is 14.0. The number of nitrogens with zero attached hydrogens (tertiary/aromatic N) is 4. The van der Waals surface area contributed by atoms with Crippen LogP contribution in [0.2, 0.25) is 5.02 Å². The van der Waals surface area contributed by atoms with Gasteiger partial charge in [0, 0.05) is 30.3 Å². The van der Waals surface area contributed by atoms with Crippen LogP contribution in [0.5, 0.6) is 0 Å². The van der Waals surface area contributed by atoms with E-state index in [0.717, 1.165) is 5.69 Å². The van der Waals surface area contributed by atoms with Crippen LogP contribution in [-0.4, -0.2) is 50.3 Å². The molecule has 0 bridgehead atoms. The number of anilines is 3. The van der Waals surface area contributed by atoms with E-state index in [9.17, 15) is 27.2 Å². The van der Waals surface area contributed by atoms with Crippen molar-refractivity contribution in [3.8, 4) is 11.1 Å². The number of amides is 3. The van der Waals surface area contributed by atoms with Crippen molar-refractivity contribution >= 4 is 46.4 Å². The normalized spacial score (nSPS) is 14.4. The maximum Gasteiger partial charge on any atom is 0.416 e. The summed E-state index contributed by atoms with van der Waals surface area (Å²) < 4.78 is 60.4. The molecular formula is C30H30ClF4N7O3. The average Bonchev–Trinajstić information content (AvgIpc) is 3.35. The number of aromatic nitrogens is 3. The van der Waals surface area contributed by atoms with Gasteiger partial charge in [-0.1, -0.05) is 17.7 Å². The number of hydrogen-bond acceptors (Lipinski definition) is 6. The highest BCUT2D eigenvalue weighted by Crippen LogP contribution is 2.39. The van der Waals surface area contributed by atoms with Gasteiger partial charge in [-0.05, 0) is 75.6 Å². The van der Waals surface area contributed by atoms with Crippen LogP contribution < -0.4 is 16.4 Å². The number of piperidine rings is 1. The van der Waals surface area contributed by atoms with Gasteiger partial charge < -0.3 is 26.0 Å². The third-order valence-corrected chi connectivity index (χ3v) is 7.56. The first-order chi connectivity index (χ1) is 21.1. The van der Waals surface area contributed by atoms with Gasteiger partial charge in [0.2, 0.25) is 0 Å². The fourth-order valence-corrected chi connectivity index (χ4v) is 5.37. The second-order valence-electron chi connectivity index (χ2n) is 11.6. The van der Waals surface area contributed by atoms with Gasteiger partial charge in [-0.3, -0.25) is 0 Å². The zero-order chi connectivity index (χ0) is 32.7. The number of nitrogen functional groups attached to an aromatic ring is 1. The lowest BCUT2D eigenvalue weighted by Crippen LogP contribution is -2.41. The van der Waals surface area contributed by atoms with Crippen LogP contribution >= 0.6 is 11.6 Å². The van der Waals surface area contributed by atoms with E-state index in [1.165, 1.54) is 12.4 Å². The molecule has 0 atom stereocenters. The second kappa shape index (κ2) is 12.1. The second-order valence-corrected chi connectivity index (χ2v) is 12.0. The number of alkyl halides is 3. The van der Waals surface area contributed by atoms with E-state index in [2.05, 4.69) is 20.7 Å². The van der Waals surface area contributed by atoms with E-state index in [1.54, 1.807) is 21.5 Å². The Morgan fingerprint density at radius 1 is 1.02 bits per heavy atom. The lowest BCUT2D eigenvalue weighted by Gasteiger charge is -2.33. The Kier molecular flexibility index (Phi) is 8.53. The molecule has 3 heterocycles. The molecule has 0 radical (unpaired) electrons. The standard InChI is InChI=1S/C30H30ClF4N7O3/c1-29(2,3)45-28(44)41-10-8-16(9-11-41)24-14-19(25-26(36)37-15-38-42(24)25)17-4-7-22(20(31)12-17)39-27(43)40-23-13-18(30(33,34)35)5-6-21(23)32/h4-7,12-16H,8-11H2,1-3H3,(H2,36,37,38)(H2,39,40,43). The number of nitrogens with one attached hydrogen (secondary N) is 2. The Labute approximate surface area is 260 Å². The van der Waals surface area contributed by atoms with Crippen LogP contribution in [0.3, 0.4) is 0 Å². The molecule has 1 fully saturated rings. The number of fused-ring (bicyclic) bond motifs is 1. The molecule has 4 N–H and O–H groups in total. The molecule has 10 nitrogen and oxygen atoms in total. The topological polar surface area (TPSA) is 127 Å². The number of benzene rings is 2. The molecule has 3 amide bonds. The number of hydrogen-bond donors (Lipinski definition) is 3. The van der Waals surface area contributed by atoms with Crippen molar-refractivity contribution in [2.45, 2.75) is 51.3 Å². The maximum atomic E-state index is 14.1. The van der Waals surface area contributed by atoms with E-state index in [0.29, 0.717) is 60.8 Å². The molecule has 0 unspecified atom stereocenters. The van der Waals surface area contributed by atoms with Crippen molar-refractivity contribution in [3.05, 3.63) is 70.9 Å². The highest BCUT2D eigenvalue weighted by atomic mass is 35.5. The monoisotopic (exact) mass is 647 g/mol. The Balaban J connectivity index is 1.36. The number of carbonyl (C=O) groups excluding carboxylic acids is 2. The summed E-state index contributed by atoms with van der Waals surface area (Å²) in [5.74, 6) is -0.750. The highest BCUT2D eigenvalue weighted by Gasteiger charge is 2.32. The van der Waals surface area contributed by atoms with Crippen molar-refractivity contribution in [3.63, 3.8) is 0 Å². The van der Waals surface area contributed by atoms with Crippen molar-refractivity contribution in [1.29, 1.82) is 0 Å². The zero-order valence-electron chi connectivity index (χ0n) is 24.5. The van der Waals surface area contributed by atoms with Crippen LogP contribution in [0.4, 0.5) is 44.3 Å². The summed E-state index contributed by atoms with van der Waals surface area (Å²) >= 11 is 6.50. The van der Waals surface area contributed by atoms with Crippen molar-refractivity contribution in [1.82, 2.24) is 19.5 Å². The Bertz CT molecular complexity index is 1760. The molecule has 1 aliphatic heterocycles. The SMILES string of the molecule is CC(C)(C)OC(=O)N1CCC(c2cc(-c3ccc(NC(=O)Nc4cc(C(F)(F)F)ccc4F)c(Cl)c3)c3c(N)ncnn23)CC1. The molecule has 4 aromatic rings. The van der Waals surface area contributed by atoms with Gasteiger partial charge in [0.1, 0.15) is 23.3 Å². The lowest BCUT2D eigenvalue weighted by molar-refractivity contribution is -0.137. The summed E-state index contributed by atoms with van der Waals surface area (Å²) in [6.45, 7) is 6.47. The average molecular weight is 648 g/mol. The summed E-state index contributed by atoms with van der Waals surface area (Å²) in [6.07, 6.45) is -2.38. The Morgan fingerprint density at radius 2 is 1.71 bits per heavy atom. The summed E-state index contributed by atoms with van der Waals surface area (Å²) in [6, 6.07) is 7.41. The molecule has 2 aromatic heterocycles. The molecule has 238 valence electrons. The van der Waals surface area contributed by atoms with E-state index < -0.39 is 34.9 Å². The van der Waals surface area contributed by atoms with Crippen molar-refractivity contribution < 1.29 is 31.9 Å². The number of nitrogens with two attached hydrogens (primary N) is 1. The van der Waals surface area contributed by atoms with Gasteiger partial charge in [0.05, 0.1) is 22.0 Å². The number of carbonyl (C=O) groups is 2. The first-order valence-corrected chi connectivity index (χ1v) is 14.3. The van der Waals surface area contributed by atoms with E-state index in [-0.39, 0.29) is 28.5 Å². The van der Waals surface area contributed by atoms with Crippen LogP contribution in [-0.2, 0) is 10.9 Å². The van der Waals surface area contributed by atoms with Gasteiger partial charge >= 0.3 is 18.3 Å². The minimum absolute atomic E-state index is 0.0515. The Morgan fingerprint density at radius 3 is 2.36 bits per heavy atom. The molecule has 1 aliphatic rings. The minimum Gasteiger partial charge on any atom is -0.444 e. The van der Waals surface area contributed by atoms with E-state index in [4.69, 9.17) is 22.1 Å². The number of ether oxygens (including phenoxy) is 1. The number of likely N-dealkylation sites (tertiary alicyclic amines) is 1. The number of rotatable bonds is 4. The molecule has 5 rings (SSSR count). The van der Waals surface area contributed by atoms with Crippen molar-refractivity contribution in [2.24, 2.45) is 0 Å². The van der Waals surface area contributed by atoms with Crippen LogP contribution in [0.25, 0.3) is 16.6 Å². The first kappa shape index (κ1) is 31.8. The fourth-order valence-electron chi connectivity index (χ4n) is 5.14. The predicted molar refractivity (Wildman–Crippen MR) is 162 cm³/mol. The zero-order valence-corrected chi connectivity index (χ0v) is 25.3. The van der Waals surface area contributed by atoms with Gasteiger partial charge in [-0.25, -0.2) is 23.5 Å². The van der Waals surface area contributed by atoms with Gasteiger partial charge in [0.25, 0.3) is 0 Å². The maximum absolute atomic E-state index is 14.1. The molecular weight excluding hydrogens is 618 g/mol. The van der Waals surface area contributed by atoms with E-state index in [1.807, 2.05) is 26.8 Å². The van der Waals surface area contributed by atoms with Gasteiger partial charge in [0.15, 0.2) is 5.82 Å². The summed E-state index contributed by atoms with van der Waals surface area (Å²) in [4.78, 5) is 30.9. The summed E-state index contributed by atoms with van der Waals surface area (Å²) in [5.41, 5.74) is 6.80. The quantitative estimate of drug-likeness (QED) is 0.196. The molecule has 0 aliphatic carbocycles. The van der Waals surface area contributed by atoms with Crippen LogP contribution in [0, 0.1) is 5.82 Å². The number of urea groups is 1. The van der Waals surface area contributed by atoms with Crippen molar-refractivity contribution in [2.75, 3.05) is 29.5 Å². The smallest absolute Gasteiger partial charge is 0.416 e. The van der Waals surface area contributed by atoms with Crippen LogP contribution in [0.1, 0.15) is 50.8 Å². The van der Waals surface area contributed by atoms with Gasteiger partial charge in [-0.15, -0.1) is 0 Å². The molecule has 2 aromatic carbocycles. The number of halogens is 5. The van der Waals surface area contributed by atoms with Gasteiger partial charge in [-0.2, -0.15) is 18.3 Å². The largest absolute Gasteiger partial charge is 0.444 e. The third-order valence-electron chi connectivity index (χ3n) is 7.25. The summed E-state index contributed by atoms with van der Waals surface area (Å²) in [5, 5.41) is 9.05. The molecule has 0 saturated carbocycles. The molecule has 15 heteroatoms. The molecule has 1 saturated heterocycles. The fraction of sp³-hybridized carbons (Fsp3) is 0.333. The lowest BCUT2D eigenvalue weighted by atomic mass is 9.93. The molecule has 45 heavy (non-hydrogen) atoms. The van der Waals surface area contributed by atoms with E-state index >= 15 is 0 Å². The van der Waals surface area contributed by atoms with Crippen LogP contribution in [0.15, 0.2) is 48.8 Å². The highest BCUT2D eigenvalue weighted by molar-refractivity contribution is 6.34. The predicted octanol–water partition coefficient (Wildman–Crippen LogP) is 7.55.